The molecule has 0 aliphatic carbocycles. The number of benzene rings is 10. The Kier molecular flexibility index (Phi) is 10.4. The molecule has 14 radical (unpaired) electrons. The number of nitrogens with zero attached hydrogens (tertiary/aromatic N) is 2. The van der Waals surface area contributed by atoms with Crippen LogP contribution in [0.15, 0.2) is 200 Å². The highest BCUT2D eigenvalue weighted by Gasteiger charge is 2.25. The van der Waals surface area contributed by atoms with Crippen molar-refractivity contribution in [3.8, 4) is 67.0 Å². The zero-order valence-electron chi connectivity index (χ0n) is 37.5. The van der Waals surface area contributed by atoms with Gasteiger partial charge in [-0.15, -0.1) is 10.9 Å². The van der Waals surface area contributed by atoms with Crippen LogP contribution in [0.3, 0.4) is 0 Å². The van der Waals surface area contributed by atoms with Crippen molar-refractivity contribution in [3.05, 3.63) is 200 Å². The molecule has 69 heavy (non-hydrogen) atoms. The van der Waals surface area contributed by atoms with Crippen LogP contribution in [-0.2, 0) is 0 Å². The van der Waals surface area contributed by atoms with Crippen molar-refractivity contribution >= 4 is 137 Å². The van der Waals surface area contributed by atoms with Gasteiger partial charge >= 0.3 is 0 Å². The van der Waals surface area contributed by atoms with E-state index in [2.05, 4.69) is 162 Å². The van der Waals surface area contributed by atoms with Gasteiger partial charge in [0.1, 0.15) is 54.9 Å². The standard InChI is InChI=1S/C60H33B7N2/c61-51-48(52(62)56(66)59-49(51)50-53(63)54(64)55(65)57(67)60(50)69(59)43-25-12-22-39(32-43)36-18-8-3-9-19-36)41-28-29-47-46(33-41)45-27-13-26-44(40-23-10-20-37(30-40)34-14-4-1-5-15-34)58(45)68(47)42-24-11-21-38(31-42)35-16-6-2-7-17-35/h1-33H. The quantitative estimate of drug-likeness (QED) is 0.145. The molecule has 0 bridgehead atoms. The minimum absolute atomic E-state index is 0.170. The summed E-state index contributed by atoms with van der Waals surface area (Å²) in [6, 6.07) is 69.5. The Balaban J connectivity index is 1.13. The Labute approximate surface area is 410 Å². The lowest BCUT2D eigenvalue weighted by Crippen LogP contribution is -2.48. The summed E-state index contributed by atoms with van der Waals surface area (Å²) in [6.45, 7) is 0. The Morgan fingerprint density at radius 2 is 0.725 bits per heavy atom. The van der Waals surface area contributed by atoms with E-state index >= 15 is 0 Å². The van der Waals surface area contributed by atoms with E-state index in [-0.39, 0.29) is 21.9 Å². The number of rotatable bonds is 7. The van der Waals surface area contributed by atoms with Crippen LogP contribution in [0.1, 0.15) is 0 Å². The lowest BCUT2D eigenvalue weighted by molar-refractivity contribution is 1.18. The predicted molar refractivity (Wildman–Crippen MR) is 300 cm³/mol. The first-order valence-corrected chi connectivity index (χ1v) is 22.8. The zero-order valence-corrected chi connectivity index (χ0v) is 37.5. The van der Waals surface area contributed by atoms with Gasteiger partial charge in [0.2, 0.25) is 0 Å². The Morgan fingerprint density at radius 3 is 1.32 bits per heavy atom. The molecule has 0 aliphatic heterocycles. The van der Waals surface area contributed by atoms with E-state index in [0.29, 0.717) is 43.8 Å². The molecule has 2 nitrogen and oxygen atoms in total. The van der Waals surface area contributed by atoms with E-state index in [1.807, 2.05) is 47.0 Å². The fraction of sp³-hybridized carbons (Fsp3) is 0. The van der Waals surface area contributed by atoms with Crippen molar-refractivity contribution in [2.24, 2.45) is 0 Å². The first kappa shape index (κ1) is 42.6. The highest BCUT2D eigenvalue weighted by atomic mass is 15.0. The number of hydrogen-bond acceptors (Lipinski definition) is 0. The molecule has 2 heterocycles. The molecule has 9 heteroatoms. The maximum atomic E-state index is 7.47. The smallest absolute Gasteiger partial charge is 0.115 e. The van der Waals surface area contributed by atoms with Crippen LogP contribution in [0, 0.1) is 0 Å². The summed E-state index contributed by atoms with van der Waals surface area (Å²) < 4.78 is 4.32. The average molecular weight is 858 g/mol. The molecule has 10 aromatic carbocycles. The van der Waals surface area contributed by atoms with Crippen LogP contribution in [0.2, 0.25) is 0 Å². The van der Waals surface area contributed by atoms with Crippen molar-refractivity contribution in [2.45, 2.75) is 0 Å². The lowest BCUT2D eigenvalue weighted by atomic mass is 9.64. The summed E-state index contributed by atoms with van der Waals surface area (Å²) in [7, 11) is 49.1. The number of para-hydroxylation sites is 1. The predicted octanol–water partition coefficient (Wildman–Crippen LogP) is 7.77. The van der Waals surface area contributed by atoms with Crippen LogP contribution >= 0.6 is 0 Å². The molecule has 304 valence electrons. The zero-order chi connectivity index (χ0) is 47.1. The number of fused-ring (bicyclic) bond motifs is 6. The van der Waals surface area contributed by atoms with Crippen molar-refractivity contribution in [1.29, 1.82) is 0 Å². The number of hydrogen-bond donors (Lipinski definition) is 0. The fourth-order valence-electron chi connectivity index (χ4n) is 10.4. The maximum Gasteiger partial charge on any atom is 0.115 e. The third-order valence-corrected chi connectivity index (χ3v) is 13.7. The summed E-state index contributed by atoms with van der Waals surface area (Å²) in [5.74, 6) is 0. The normalized spacial score (nSPS) is 11.6. The van der Waals surface area contributed by atoms with Gasteiger partial charge in [0.05, 0.1) is 11.0 Å². The van der Waals surface area contributed by atoms with Crippen molar-refractivity contribution in [3.63, 3.8) is 0 Å². The van der Waals surface area contributed by atoms with Gasteiger partial charge in [-0.1, -0.05) is 185 Å². The minimum Gasteiger partial charge on any atom is -0.311 e. The van der Waals surface area contributed by atoms with Gasteiger partial charge in [-0.25, -0.2) is 0 Å². The third-order valence-electron chi connectivity index (χ3n) is 13.7. The van der Waals surface area contributed by atoms with Gasteiger partial charge in [-0.2, -0.15) is 0 Å². The summed E-state index contributed by atoms with van der Waals surface area (Å²) in [5.41, 5.74) is 16.9. The van der Waals surface area contributed by atoms with Crippen LogP contribution < -0.4 is 38.2 Å². The molecule has 0 aliphatic rings. The monoisotopic (exact) mass is 858 g/mol. The first-order valence-electron chi connectivity index (χ1n) is 22.8. The fourth-order valence-corrected chi connectivity index (χ4v) is 10.4. The second-order valence-electron chi connectivity index (χ2n) is 17.6. The van der Waals surface area contributed by atoms with Crippen LogP contribution in [0.4, 0.5) is 0 Å². The first-order chi connectivity index (χ1) is 33.7. The molecule has 0 atom stereocenters. The summed E-state index contributed by atoms with van der Waals surface area (Å²) in [5, 5.41) is 3.18. The molecule has 0 fully saturated rings. The van der Waals surface area contributed by atoms with E-state index in [1.54, 1.807) is 0 Å². The molecule has 0 saturated carbocycles. The summed E-state index contributed by atoms with van der Waals surface area (Å²) >= 11 is 0. The summed E-state index contributed by atoms with van der Waals surface area (Å²) in [6.07, 6.45) is 0. The van der Waals surface area contributed by atoms with Gasteiger partial charge in [0.15, 0.2) is 0 Å². The second-order valence-corrected chi connectivity index (χ2v) is 17.6. The number of aromatic nitrogens is 2. The van der Waals surface area contributed by atoms with Gasteiger partial charge in [-0.05, 0) is 97.9 Å². The van der Waals surface area contributed by atoms with E-state index in [0.717, 1.165) is 83.3 Å². The Hall–Kier alpha value is -7.75. The molecule has 0 unspecified atom stereocenters. The largest absolute Gasteiger partial charge is 0.311 e. The van der Waals surface area contributed by atoms with Crippen LogP contribution in [0.25, 0.3) is 111 Å². The molecular formula is C60H33B7N2. The second kappa shape index (κ2) is 16.8. The maximum absolute atomic E-state index is 7.47. The third kappa shape index (κ3) is 6.81. The van der Waals surface area contributed by atoms with Gasteiger partial charge < -0.3 is 9.13 Å². The molecular weight excluding hydrogens is 824 g/mol. The van der Waals surface area contributed by atoms with E-state index in [1.165, 1.54) is 0 Å². The highest BCUT2D eigenvalue weighted by Crippen LogP contribution is 2.41. The molecule has 2 aromatic heterocycles. The van der Waals surface area contributed by atoms with Crippen molar-refractivity contribution < 1.29 is 0 Å². The van der Waals surface area contributed by atoms with Gasteiger partial charge in [-0.3, -0.25) is 0 Å². The van der Waals surface area contributed by atoms with Crippen LogP contribution in [0.5, 0.6) is 0 Å². The Morgan fingerprint density at radius 1 is 0.261 bits per heavy atom. The van der Waals surface area contributed by atoms with Crippen molar-refractivity contribution in [1.82, 2.24) is 9.13 Å². The highest BCUT2D eigenvalue weighted by molar-refractivity contribution is 6.69. The molecule has 0 spiro atoms. The molecule has 0 saturated heterocycles. The topological polar surface area (TPSA) is 9.86 Å². The minimum atomic E-state index is 0.170. The average Bonchev–Trinajstić information content (AvgIpc) is 3.94. The van der Waals surface area contributed by atoms with Gasteiger partial charge in [0, 0.05) is 44.1 Å². The lowest BCUT2D eigenvalue weighted by Gasteiger charge is -2.19. The molecule has 0 N–H and O–H groups in total. The Bertz CT molecular complexity index is 4030. The molecule has 12 aromatic rings. The van der Waals surface area contributed by atoms with E-state index in [4.69, 9.17) is 54.9 Å². The SMILES string of the molecule is [B]c1c([B])c([B])c2c(c1[B])c1c([B])c(-c3ccc4c(c3)c3cccc(-c5cccc(-c6ccccc6)c5)c3n4-c3cccc(-c4ccccc4)c3)c([B])c([B])c1n2-c1cccc(-c2ccccc2)c1. The molecule has 0 amide bonds. The summed E-state index contributed by atoms with van der Waals surface area (Å²) in [4.78, 5) is 0. The molecule has 12 rings (SSSR count). The van der Waals surface area contributed by atoms with E-state index < -0.39 is 0 Å². The van der Waals surface area contributed by atoms with Crippen molar-refractivity contribution in [2.75, 3.05) is 0 Å². The van der Waals surface area contributed by atoms with Gasteiger partial charge in [0.25, 0.3) is 0 Å². The van der Waals surface area contributed by atoms with E-state index in [9.17, 15) is 0 Å². The van der Waals surface area contributed by atoms with Crippen LogP contribution in [-0.4, -0.2) is 64.1 Å².